The molecule has 0 aromatic heterocycles. The molecule has 0 spiro atoms. The van der Waals surface area contributed by atoms with Gasteiger partial charge in [0.1, 0.15) is 11.6 Å². The number of aliphatic hydroxyl groups is 1. The minimum Gasteiger partial charge on any atom is -0.387 e. The molecular weight excluding hydrogens is 288 g/mol. The Labute approximate surface area is 116 Å². The van der Waals surface area contributed by atoms with Gasteiger partial charge in [0.05, 0.1) is 17.6 Å². The summed E-state index contributed by atoms with van der Waals surface area (Å²) in [5, 5.41) is 12.9. The van der Waals surface area contributed by atoms with Gasteiger partial charge in [-0.3, -0.25) is 0 Å². The van der Waals surface area contributed by atoms with Crippen molar-refractivity contribution < 1.29 is 22.3 Å². The molecule has 1 fully saturated rings. The summed E-state index contributed by atoms with van der Waals surface area (Å²) in [6.07, 6.45) is -0.793. The van der Waals surface area contributed by atoms with Crippen LogP contribution in [0.3, 0.4) is 0 Å². The van der Waals surface area contributed by atoms with Crippen LogP contribution < -0.4 is 5.32 Å². The van der Waals surface area contributed by atoms with E-state index >= 15 is 0 Å². The van der Waals surface area contributed by atoms with Gasteiger partial charge in [0.25, 0.3) is 0 Å². The maximum atomic E-state index is 13.5. The van der Waals surface area contributed by atoms with E-state index in [-0.39, 0.29) is 23.6 Å². The maximum absolute atomic E-state index is 13.5. The SMILES string of the molecule is CC1(NCC(O)c2cc(F)ccc2F)CCS(=O)(=O)C1. The Hall–Kier alpha value is -1.05. The lowest BCUT2D eigenvalue weighted by Gasteiger charge is -2.26. The highest BCUT2D eigenvalue weighted by Gasteiger charge is 2.38. The van der Waals surface area contributed by atoms with E-state index < -0.39 is 33.1 Å². The van der Waals surface area contributed by atoms with E-state index in [2.05, 4.69) is 5.32 Å². The zero-order chi connectivity index (χ0) is 15.0. The molecule has 2 N–H and O–H groups in total. The van der Waals surface area contributed by atoms with Crippen LogP contribution >= 0.6 is 0 Å². The predicted octanol–water partition coefficient (Wildman–Crippen LogP) is 1.17. The summed E-state index contributed by atoms with van der Waals surface area (Å²) in [5.41, 5.74) is -0.772. The Balaban J connectivity index is 2.02. The van der Waals surface area contributed by atoms with E-state index in [9.17, 15) is 22.3 Å². The van der Waals surface area contributed by atoms with Crippen molar-refractivity contribution in [2.45, 2.75) is 25.0 Å². The number of hydrogen-bond acceptors (Lipinski definition) is 4. The molecule has 1 aromatic rings. The molecule has 1 aromatic carbocycles. The summed E-state index contributed by atoms with van der Waals surface area (Å²) in [6.45, 7) is 1.71. The van der Waals surface area contributed by atoms with Crippen molar-refractivity contribution in [1.29, 1.82) is 0 Å². The number of β-amino-alcohol motifs (C(OH)–C–C–N with tert-alkyl or cyclic N) is 1. The fourth-order valence-electron chi connectivity index (χ4n) is 2.37. The van der Waals surface area contributed by atoms with E-state index in [1.807, 2.05) is 0 Å². The standard InChI is InChI=1S/C13H17F2NO3S/c1-13(4-5-20(18,19)8-13)16-7-12(17)10-6-9(14)2-3-11(10)15/h2-3,6,12,16-17H,4-5,7-8H2,1H3. The van der Waals surface area contributed by atoms with Crippen LogP contribution in [0.15, 0.2) is 18.2 Å². The zero-order valence-electron chi connectivity index (χ0n) is 11.1. The summed E-state index contributed by atoms with van der Waals surface area (Å²) in [5.74, 6) is -1.24. The van der Waals surface area contributed by atoms with E-state index in [1.165, 1.54) is 0 Å². The molecule has 7 heteroatoms. The molecule has 4 nitrogen and oxygen atoms in total. The van der Waals surface area contributed by atoms with Gasteiger partial charge in [0, 0.05) is 17.6 Å². The normalized spacial score (nSPS) is 26.6. The van der Waals surface area contributed by atoms with Gasteiger partial charge in [-0.2, -0.15) is 0 Å². The van der Waals surface area contributed by atoms with Crippen molar-refractivity contribution in [1.82, 2.24) is 5.32 Å². The van der Waals surface area contributed by atoms with E-state index in [0.29, 0.717) is 6.42 Å². The Kier molecular flexibility index (Phi) is 4.13. The Bertz CT molecular complexity index is 606. The highest BCUT2D eigenvalue weighted by atomic mass is 32.2. The van der Waals surface area contributed by atoms with E-state index in [0.717, 1.165) is 18.2 Å². The number of hydrogen-bond donors (Lipinski definition) is 2. The summed E-state index contributed by atoms with van der Waals surface area (Å²) in [6, 6.07) is 2.87. The minimum atomic E-state index is -3.06. The third kappa shape index (κ3) is 3.53. The molecule has 1 aliphatic rings. The highest BCUT2D eigenvalue weighted by molar-refractivity contribution is 7.91. The number of aliphatic hydroxyl groups excluding tert-OH is 1. The van der Waals surface area contributed by atoms with Crippen LogP contribution in [0, 0.1) is 11.6 Å². The number of benzene rings is 1. The predicted molar refractivity (Wildman–Crippen MR) is 71.0 cm³/mol. The summed E-state index contributed by atoms with van der Waals surface area (Å²) >= 11 is 0. The second-order valence-corrected chi connectivity index (χ2v) is 7.65. The Morgan fingerprint density at radius 3 is 2.75 bits per heavy atom. The molecule has 2 unspecified atom stereocenters. The number of nitrogens with one attached hydrogen (secondary N) is 1. The number of rotatable bonds is 4. The number of halogens is 2. The van der Waals surface area contributed by atoms with E-state index in [4.69, 9.17) is 0 Å². The zero-order valence-corrected chi connectivity index (χ0v) is 11.9. The third-order valence-corrected chi connectivity index (χ3v) is 5.45. The van der Waals surface area contributed by atoms with Crippen LogP contribution in [0.4, 0.5) is 8.78 Å². The van der Waals surface area contributed by atoms with Gasteiger partial charge in [-0.05, 0) is 31.5 Å². The molecule has 1 saturated heterocycles. The van der Waals surface area contributed by atoms with Crippen molar-refractivity contribution in [3.63, 3.8) is 0 Å². The summed E-state index contributed by atoms with van der Waals surface area (Å²) < 4.78 is 49.4. The molecule has 0 bridgehead atoms. The second-order valence-electron chi connectivity index (χ2n) is 5.47. The van der Waals surface area contributed by atoms with Crippen LogP contribution in [0.5, 0.6) is 0 Å². The van der Waals surface area contributed by atoms with Gasteiger partial charge in [0.2, 0.25) is 0 Å². The summed E-state index contributed by atoms with van der Waals surface area (Å²) in [7, 11) is -3.06. The highest BCUT2D eigenvalue weighted by Crippen LogP contribution is 2.24. The van der Waals surface area contributed by atoms with Crippen LogP contribution in [-0.4, -0.2) is 37.1 Å². The van der Waals surface area contributed by atoms with Crippen molar-refractivity contribution in [2.75, 3.05) is 18.1 Å². The monoisotopic (exact) mass is 305 g/mol. The first kappa shape index (κ1) is 15.3. The van der Waals surface area contributed by atoms with Gasteiger partial charge in [-0.25, -0.2) is 17.2 Å². The topological polar surface area (TPSA) is 66.4 Å². The molecule has 0 aliphatic carbocycles. The first-order valence-electron chi connectivity index (χ1n) is 6.29. The van der Waals surface area contributed by atoms with Crippen molar-refractivity contribution in [3.8, 4) is 0 Å². The largest absolute Gasteiger partial charge is 0.387 e. The van der Waals surface area contributed by atoms with Gasteiger partial charge in [-0.1, -0.05) is 0 Å². The van der Waals surface area contributed by atoms with Gasteiger partial charge in [-0.15, -0.1) is 0 Å². The first-order chi connectivity index (χ1) is 9.21. The Morgan fingerprint density at radius 1 is 1.45 bits per heavy atom. The minimum absolute atomic E-state index is 0.0155. The lowest BCUT2D eigenvalue weighted by Crippen LogP contribution is -2.45. The maximum Gasteiger partial charge on any atom is 0.152 e. The summed E-state index contributed by atoms with van der Waals surface area (Å²) in [4.78, 5) is 0. The first-order valence-corrected chi connectivity index (χ1v) is 8.11. The van der Waals surface area contributed by atoms with Gasteiger partial charge >= 0.3 is 0 Å². The molecule has 2 rings (SSSR count). The number of sulfone groups is 1. The average molecular weight is 305 g/mol. The molecule has 1 aliphatic heterocycles. The van der Waals surface area contributed by atoms with Crippen molar-refractivity contribution in [2.24, 2.45) is 0 Å². The van der Waals surface area contributed by atoms with E-state index in [1.54, 1.807) is 6.92 Å². The molecule has 2 atom stereocenters. The third-order valence-electron chi connectivity index (χ3n) is 3.54. The lowest BCUT2D eigenvalue weighted by atomic mass is 10.0. The van der Waals surface area contributed by atoms with Gasteiger partial charge in [0.15, 0.2) is 9.84 Å². The lowest BCUT2D eigenvalue weighted by molar-refractivity contribution is 0.157. The molecule has 0 amide bonds. The Morgan fingerprint density at radius 2 is 2.15 bits per heavy atom. The van der Waals surface area contributed by atoms with Crippen LogP contribution in [-0.2, 0) is 9.84 Å². The fourth-order valence-corrected chi connectivity index (χ4v) is 4.50. The van der Waals surface area contributed by atoms with Crippen LogP contribution in [0.25, 0.3) is 0 Å². The molecule has 1 heterocycles. The molecule has 0 radical (unpaired) electrons. The van der Waals surface area contributed by atoms with Gasteiger partial charge < -0.3 is 10.4 Å². The average Bonchev–Trinajstić information content (AvgIpc) is 2.64. The van der Waals surface area contributed by atoms with Crippen LogP contribution in [0.2, 0.25) is 0 Å². The van der Waals surface area contributed by atoms with Crippen molar-refractivity contribution in [3.05, 3.63) is 35.4 Å². The quantitative estimate of drug-likeness (QED) is 0.876. The fraction of sp³-hybridized carbons (Fsp3) is 0.538. The molecule has 112 valence electrons. The van der Waals surface area contributed by atoms with Crippen LogP contribution in [0.1, 0.15) is 25.0 Å². The molecule has 0 saturated carbocycles. The molecule has 20 heavy (non-hydrogen) atoms. The van der Waals surface area contributed by atoms with Crippen molar-refractivity contribution >= 4 is 9.84 Å². The smallest absolute Gasteiger partial charge is 0.152 e. The second kappa shape index (κ2) is 5.38. The molecular formula is C13H17F2NO3S.